The van der Waals surface area contributed by atoms with Gasteiger partial charge in [0.1, 0.15) is 34.2 Å². The molecule has 12 rings (SSSR count). The quantitative estimate of drug-likeness (QED) is 0.122. The van der Waals surface area contributed by atoms with Gasteiger partial charge in [-0.3, -0.25) is 0 Å². The summed E-state index contributed by atoms with van der Waals surface area (Å²) >= 11 is 0. The third kappa shape index (κ3) is 9.63. The maximum atomic E-state index is 12.8. The molecule has 0 saturated heterocycles. The maximum Gasteiger partial charge on any atom is 0.339 e. The van der Waals surface area contributed by atoms with Crippen molar-refractivity contribution in [2.75, 3.05) is 21.3 Å². The number of carbonyl (C=O) groups is 3. The Bertz CT molecular complexity index is 2830. The van der Waals surface area contributed by atoms with Gasteiger partial charge in [-0.05, 0) is 127 Å². The van der Waals surface area contributed by atoms with Gasteiger partial charge in [-0.25, -0.2) is 29.3 Å². The van der Waals surface area contributed by atoms with Crippen molar-refractivity contribution in [2.45, 2.75) is 0 Å². The van der Waals surface area contributed by atoms with Crippen molar-refractivity contribution in [1.29, 1.82) is 0 Å². The van der Waals surface area contributed by atoms with E-state index in [2.05, 4.69) is 86.0 Å². The maximum absolute atomic E-state index is 12.8. The average molecular weight is 778 g/mol. The molecule has 0 amide bonds. The first kappa shape index (κ1) is 39.1. The first-order valence-electron chi connectivity index (χ1n) is 18.0. The van der Waals surface area contributed by atoms with Crippen LogP contribution in [0.2, 0.25) is 0 Å². The van der Waals surface area contributed by atoms with Crippen molar-refractivity contribution in [3.63, 3.8) is 0 Å². The van der Waals surface area contributed by atoms with Gasteiger partial charge < -0.3 is 14.2 Å². The van der Waals surface area contributed by atoms with Gasteiger partial charge in [0.15, 0.2) is 0 Å². The van der Waals surface area contributed by atoms with E-state index in [4.69, 9.17) is 14.2 Å². The first-order valence-corrected chi connectivity index (χ1v) is 18.0. The summed E-state index contributed by atoms with van der Waals surface area (Å²) in [6, 6.07) is 30.7. The molecule has 6 aliphatic rings. The Morgan fingerprint density at radius 1 is 0.350 bits per heavy atom. The Labute approximate surface area is 346 Å². The van der Waals surface area contributed by atoms with Crippen molar-refractivity contribution in [3.8, 4) is 71.0 Å². The molecule has 9 nitrogen and oxygen atoms in total. The number of nitrogens with zero attached hydrogens (tertiary/aromatic N) is 3. The van der Waals surface area contributed by atoms with E-state index in [-0.39, 0.29) is 16.7 Å². The normalized spacial score (nSPS) is 10.4. The molecular weight excluding hydrogens is 751 g/mol. The topological polar surface area (TPSA) is 118 Å². The molecule has 3 aromatic carbocycles. The summed E-state index contributed by atoms with van der Waals surface area (Å²) in [4.78, 5) is 52.2. The molecule has 6 aliphatic heterocycles. The van der Waals surface area contributed by atoms with Crippen LogP contribution in [0.4, 0.5) is 0 Å². The number of rotatable bonds is 3. The molecule has 6 aromatic rings. The Hall–Kier alpha value is -9.12. The largest absolute Gasteiger partial charge is 0.465 e. The molecular formula is C51H27N3O6. The van der Waals surface area contributed by atoms with Crippen LogP contribution in [0.5, 0.6) is 0 Å². The third-order valence-electron chi connectivity index (χ3n) is 8.50. The molecule has 0 atom stereocenters. The van der Waals surface area contributed by atoms with Gasteiger partial charge in [0, 0.05) is 33.4 Å². The number of carbonyl (C=O) groups excluding carboxylic acids is 3. The summed E-state index contributed by atoms with van der Waals surface area (Å²) < 4.78 is 15.1. The van der Waals surface area contributed by atoms with Gasteiger partial charge >= 0.3 is 17.9 Å². The minimum atomic E-state index is -0.584. The minimum absolute atomic E-state index is 0.222. The van der Waals surface area contributed by atoms with Gasteiger partial charge in [0.25, 0.3) is 0 Å². The number of benzene rings is 3. The SMILES string of the molecule is COC(=O)c1cc2ccc1C#Cc1cccc(n1)C#Cc1ccc(c(C(=O)OC)c1)C#Cc1cccc(n1)C#Cc1ccc(c(C(=O)OC)c1)C#Cc1cccc(n1)C#C2. The zero-order chi connectivity index (χ0) is 41.8. The van der Waals surface area contributed by atoms with Crippen LogP contribution in [0.15, 0.2) is 109 Å². The highest BCUT2D eigenvalue weighted by Gasteiger charge is 2.14. The predicted octanol–water partition coefficient (Wildman–Crippen LogP) is 5.94. The molecule has 9 heteroatoms. The summed E-state index contributed by atoms with van der Waals surface area (Å²) in [5.74, 6) is 34.5. The van der Waals surface area contributed by atoms with Crippen molar-refractivity contribution in [2.24, 2.45) is 0 Å². The highest BCUT2D eigenvalue weighted by molar-refractivity contribution is 5.94. The van der Waals surface area contributed by atoms with E-state index < -0.39 is 17.9 Å². The molecule has 12 bridgehead atoms. The Kier molecular flexibility index (Phi) is 11.9. The second-order valence-corrected chi connectivity index (χ2v) is 12.5. The summed E-state index contributed by atoms with van der Waals surface area (Å²) in [5, 5.41) is 0. The molecule has 0 aliphatic carbocycles. The van der Waals surface area contributed by atoms with Gasteiger partial charge in [-0.2, -0.15) is 0 Å². The third-order valence-corrected chi connectivity index (χ3v) is 8.50. The molecule has 60 heavy (non-hydrogen) atoms. The zero-order valence-electron chi connectivity index (χ0n) is 32.2. The second-order valence-electron chi connectivity index (χ2n) is 12.5. The fourth-order valence-corrected chi connectivity index (χ4v) is 5.55. The summed E-state index contributed by atoms with van der Waals surface area (Å²) in [7, 11) is 3.87. The molecule has 0 fully saturated rings. The number of methoxy groups -OCH3 is 3. The predicted molar refractivity (Wildman–Crippen MR) is 222 cm³/mol. The smallest absolute Gasteiger partial charge is 0.339 e. The van der Waals surface area contributed by atoms with Crippen molar-refractivity contribution < 1.29 is 28.6 Å². The number of hydrogen-bond acceptors (Lipinski definition) is 9. The van der Waals surface area contributed by atoms with Crippen LogP contribution in [0.3, 0.4) is 0 Å². The highest BCUT2D eigenvalue weighted by atomic mass is 16.5. The zero-order valence-corrected chi connectivity index (χ0v) is 32.2. The Morgan fingerprint density at radius 2 is 0.600 bits per heavy atom. The van der Waals surface area contributed by atoms with Crippen LogP contribution in [-0.4, -0.2) is 54.2 Å². The van der Waals surface area contributed by atoms with Crippen LogP contribution >= 0.6 is 0 Å². The van der Waals surface area contributed by atoms with E-state index in [0.29, 0.717) is 67.5 Å². The van der Waals surface area contributed by atoms with Crippen molar-refractivity contribution in [3.05, 3.63) is 193 Å². The van der Waals surface area contributed by atoms with Crippen LogP contribution < -0.4 is 0 Å². The summed E-state index contributed by atoms with van der Waals surface area (Å²) in [6.07, 6.45) is 0. The summed E-state index contributed by atoms with van der Waals surface area (Å²) in [6.45, 7) is 0. The lowest BCUT2D eigenvalue weighted by atomic mass is 10.0. The molecule has 282 valence electrons. The van der Waals surface area contributed by atoms with E-state index in [1.165, 1.54) is 21.3 Å². The van der Waals surface area contributed by atoms with Gasteiger partial charge in [0.05, 0.1) is 38.0 Å². The first-order chi connectivity index (χ1) is 29.3. The second kappa shape index (κ2) is 18.2. The number of aromatic nitrogens is 3. The Morgan fingerprint density at radius 3 is 0.850 bits per heavy atom. The van der Waals surface area contributed by atoms with Crippen molar-refractivity contribution in [1.82, 2.24) is 15.0 Å². The van der Waals surface area contributed by atoms with E-state index in [0.717, 1.165) is 0 Å². The molecule has 9 heterocycles. The fourth-order valence-electron chi connectivity index (χ4n) is 5.55. The van der Waals surface area contributed by atoms with E-state index in [1.54, 1.807) is 109 Å². The van der Waals surface area contributed by atoms with Crippen LogP contribution in [0.25, 0.3) is 0 Å². The lowest BCUT2D eigenvalue weighted by Crippen LogP contribution is -2.04. The van der Waals surface area contributed by atoms with Gasteiger partial charge in [-0.15, -0.1) is 0 Å². The lowest BCUT2D eigenvalue weighted by Gasteiger charge is -2.03. The van der Waals surface area contributed by atoms with E-state index in [9.17, 15) is 14.4 Å². The van der Waals surface area contributed by atoms with Gasteiger partial charge in [0.2, 0.25) is 0 Å². The molecule has 0 saturated carbocycles. The molecule has 0 radical (unpaired) electrons. The monoisotopic (exact) mass is 777 g/mol. The lowest BCUT2D eigenvalue weighted by molar-refractivity contribution is 0.0591. The van der Waals surface area contributed by atoms with E-state index in [1.807, 2.05) is 0 Å². The fraction of sp³-hybridized carbons (Fsp3) is 0.0588. The van der Waals surface area contributed by atoms with Crippen LogP contribution in [-0.2, 0) is 14.2 Å². The molecule has 3 aromatic heterocycles. The standard InChI is InChI=1S/C51H27N3O6/c1-58-49(55)46-31-34-13-19-37(46)22-28-43-10-4-8-41(52-43)26-17-35-14-20-39(47(32-35)50(56)59-2)24-30-45-12-6-9-42(54-45)27-18-36-15-21-38(48(33-36)51(57)60-3)23-29-44-11-5-7-40(53-44)25-16-34/h4-15,19-21,31-33H,1-3H3. The average Bonchev–Trinajstić information content (AvgIpc) is 3.29. The molecule has 0 N–H and O–H groups in total. The number of pyridine rings is 3. The molecule has 0 spiro atoms. The van der Waals surface area contributed by atoms with Gasteiger partial charge in [-0.1, -0.05) is 53.7 Å². The number of ether oxygens (including phenoxy) is 3. The van der Waals surface area contributed by atoms with E-state index >= 15 is 0 Å². The molecule has 0 unspecified atom stereocenters. The number of esters is 3. The minimum Gasteiger partial charge on any atom is -0.465 e. The van der Waals surface area contributed by atoms with Crippen LogP contribution in [0.1, 0.15) is 98.6 Å². The van der Waals surface area contributed by atoms with Crippen molar-refractivity contribution >= 4 is 17.9 Å². The Balaban J connectivity index is 1.34. The highest BCUT2D eigenvalue weighted by Crippen LogP contribution is 2.16. The van der Waals surface area contributed by atoms with Crippen LogP contribution in [0, 0.1) is 71.0 Å². The number of hydrogen-bond donors (Lipinski definition) is 0. The summed E-state index contributed by atoms with van der Waals surface area (Å²) in [5.41, 5.74) is 6.04.